The number of amides is 1. The number of nitrogens with zero attached hydrogens (tertiary/aromatic N) is 2. The van der Waals surface area contributed by atoms with E-state index in [1.54, 1.807) is 4.68 Å². The van der Waals surface area contributed by atoms with Gasteiger partial charge in [-0.15, -0.1) is 0 Å². The summed E-state index contributed by atoms with van der Waals surface area (Å²) in [5.41, 5.74) is 7.06. The first-order valence-electron chi connectivity index (χ1n) is 6.13. The molecule has 0 unspecified atom stereocenters. The van der Waals surface area contributed by atoms with E-state index in [9.17, 15) is 4.79 Å². The number of hydrogen-bond donors (Lipinski definition) is 2. The Balaban J connectivity index is 2.23. The fourth-order valence-corrected chi connectivity index (χ4v) is 1.72. The van der Waals surface area contributed by atoms with Crippen molar-refractivity contribution in [1.82, 2.24) is 9.78 Å². The maximum atomic E-state index is 11.6. The van der Waals surface area contributed by atoms with Gasteiger partial charge in [-0.3, -0.25) is 9.48 Å². The zero-order valence-electron chi connectivity index (χ0n) is 10.7. The van der Waals surface area contributed by atoms with Crippen LogP contribution in [0.25, 0.3) is 0 Å². The second-order valence-electron chi connectivity index (χ2n) is 4.30. The van der Waals surface area contributed by atoms with Crippen LogP contribution >= 0.6 is 0 Å². The van der Waals surface area contributed by atoms with E-state index in [0.717, 1.165) is 43.6 Å². The van der Waals surface area contributed by atoms with Crippen molar-refractivity contribution >= 4 is 11.6 Å². The van der Waals surface area contributed by atoms with Crippen LogP contribution in [0.2, 0.25) is 0 Å². The molecule has 1 rings (SSSR count). The lowest BCUT2D eigenvalue weighted by Crippen LogP contribution is -2.11. The molecule has 1 amide bonds. The van der Waals surface area contributed by atoms with E-state index >= 15 is 0 Å². The Bertz CT molecular complexity index is 359. The molecule has 0 bridgehead atoms. The average molecular weight is 238 g/mol. The largest absolute Gasteiger partial charge is 0.330 e. The smallest absolute Gasteiger partial charge is 0.224 e. The summed E-state index contributed by atoms with van der Waals surface area (Å²) in [7, 11) is 1.84. The van der Waals surface area contributed by atoms with E-state index in [1.807, 2.05) is 20.2 Å². The number of unbranched alkanes of at least 4 members (excludes halogenated alkanes) is 3. The maximum Gasteiger partial charge on any atom is 0.224 e. The molecule has 1 aromatic heterocycles. The van der Waals surface area contributed by atoms with E-state index in [0.29, 0.717) is 6.42 Å². The van der Waals surface area contributed by atoms with Crippen molar-refractivity contribution in [2.75, 3.05) is 11.9 Å². The monoisotopic (exact) mass is 238 g/mol. The summed E-state index contributed by atoms with van der Waals surface area (Å²) in [6, 6.07) is 0. The number of aryl methyl sites for hydroxylation is 2. The molecule has 0 atom stereocenters. The number of hydrogen-bond acceptors (Lipinski definition) is 3. The zero-order valence-corrected chi connectivity index (χ0v) is 10.7. The van der Waals surface area contributed by atoms with Gasteiger partial charge in [0.25, 0.3) is 0 Å². The van der Waals surface area contributed by atoms with Gasteiger partial charge < -0.3 is 11.1 Å². The Kier molecular flexibility index (Phi) is 5.69. The Morgan fingerprint density at radius 3 is 2.71 bits per heavy atom. The summed E-state index contributed by atoms with van der Waals surface area (Å²) >= 11 is 0. The van der Waals surface area contributed by atoms with Crippen LogP contribution in [-0.2, 0) is 11.8 Å². The lowest BCUT2D eigenvalue weighted by atomic mass is 10.1. The highest BCUT2D eigenvalue weighted by Crippen LogP contribution is 2.12. The van der Waals surface area contributed by atoms with E-state index in [2.05, 4.69) is 10.4 Å². The molecule has 0 fully saturated rings. The maximum absolute atomic E-state index is 11.6. The second kappa shape index (κ2) is 7.06. The first-order chi connectivity index (χ1) is 8.13. The topological polar surface area (TPSA) is 72.9 Å². The Morgan fingerprint density at radius 2 is 2.12 bits per heavy atom. The third kappa shape index (κ3) is 4.99. The fraction of sp³-hybridized carbons (Fsp3) is 0.667. The van der Waals surface area contributed by atoms with Crippen molar-refractivity contribution in [3.8, 4) is 0 Å². The van der Waals surface area contributed by atoms with E-state index in [1.165, 1.54) is 0 Å². The highest BCUT2D eigenvalue weighted by Gasteiger charge is 2.07. The van der Waals surface area contributed by atoms with E-state index in [4.69, 9.17) is 5.73 Å². The molecule has 0 aliphatic carbocycles. The van der Waals surface area contributed by atoms with Crippen molar-refractivity contribution in [3.05, 3.63) is 11.9 Å². The Morgan fingerprint density at radius 1 is 1.41 bits per heavy atom. The summed E-state index contributed by atoms with van der Waals surface area (Å²) in [6.07, 6.45) is 6.53. The van der Waals surface area contributed by atoms with Crippen LogP contribution in [-0.4, -0.2) is 22.2 Å². The predicted octanol–water partition coefficient (Wildman–Crippen LogP) is 1.58. The minimum Gasteiger partial charge on any atom is -0.330 e. The number of nitrogens with two attached hydrogens (primary N) is 1. The predicted molar refractivity (Wildman–Crippen MR) is 68.7 cm³/mol. The number of carbonyl (C=O) groups excluding carboxylic acids is 1. The molecule has 17 heavy (non-hydrogen) atoms. The zero-order chi connectivity index (χ0) is 12.7. The molecule has 0 radical (unpaired) electrons. The Hall–Kier alpha value is -1.36. The van der Waals surface area contributed by atoms with Gasteiger partial charge in [0.05, 0.1) is 11.4 Å². The molecule has 96 valence electrons. The summed E-state index contributed by atoms with van der Waals surface area (Å²) in [6.45, 7) is 2.62. The molecule has 0 saturated heterocycles. The first-order valence-corrected chi connectivity index (χ1v) is 6.13. The summed E-state index contributed by atoms with van der Waals surface area (Å²) in [4.78, 5) is 11.6. The molecule has 0 aromatic carbocycles. The fourth-order valence-electron chi connectivity index (χ4n) is 1.72. The molecule has 0 aliphatic rings. The summed E-state index contributed by atoms with van der Waals surface area (Å²) in [5.74, 6) is 0.0637. The molecule has 0 saturated carbocycles. The molecular formula is C12H22N4O. The van der Waals surface area contributed by atoms with E-state index in [-0.39, 0.29) is 5.91 Å². The number of anilines is 1. The number of carbonyl (C=O) groups is 1. The lowest BCUT2D eigenvalue weighted by Gasteiger charge is -2.03. The molecule has 1 aromatic rings. The van der Waals surface area contributed by atoms with Crippen molar-refractivity contribution < 1.29 is 4.79 Å². The summed E-state index contributed by atoms with van der Waals surface area (Å²) in [5, 5.41) is 7.05. The third-order valence-corrected chi connectivity index (χ3v) is 2.65. The molecule has 5 nitrogen and oxygen atoms in total. The molecular weight excluding hydrogens is 216 g/mol. The van der Waals surface area contributed by atoms with Crippen LogP contribution in [0.1, 0.15) is 37.8 Å². The highest BCUT2D eigenvalue weighted by atomic mass is 16.1. The van der Waals surface area contributed by atoms with Crippen molar-refractivity contribution in [2.45, 2.75) is 39.0 Å². The minimum atomic E-state index is 0.0637. The van der Waals surface area contributed by atoms with Crippen LogP contribution < -0.4 is 11.1 Å². The number of aromatic nitrogens is 2. The van der Waals surface area contributed by atoms with Crippen molar-refractivity contribution in [2.24, 2.45) is 12.8 Å². The van der Waals surface area contributed by atoms with Crippen LogP contribution in [0.3, 0.4) is 0 Å². The number of rotatable bonds is 7. The first kappa shape index (κ1) is 13.7. The van der Waals surface area contributed by atoms with Gasteiger partial charge >= 0.3 is 0 Å². The van der Waals surface area contributed by atoms with Crippen LogP contribution in [0.15, 0.2) is 6.20 Å². The van der Waals surface area contributed by atoms with Crippen LogP contribution in [0.5, 0.6) is 0 Å². The quantitative estimate of drug-likeness (QED) is 0.708. The van der Waals surface area contributed by atoms with Gasteiger partial charge in [-0.25, -0.2) is 0 Å². The van der Waals surface area contributed by atoms with Crippen molar-refractivity contribution in [1.29, 1.82) is 0 Å². The third-order valence-electron chi connectivity index (χ3n) is 2.65. The minimum absolute atomic E-state index is 0.0637. The van der Waals surface area contributed by atoms with Gasteiger partial charge in [0.15, 0.2) is 0 Å². The average Bonchev–Trinajstić information content (AvgIpc) is 2.57. The van der Waals surface area contributed by atoms with Gasteiger partial charge in [-0.1, -0.05) is 12.8 Å². The Labute approximate surface area is 102 Å². The lowest BCUT2D eigenvalue weighted by molar-refractivity contribution is -0.116. The molecule has 5 heteroatoms. The number of nitrogens with one attached hydrogen (secondary N) is 1. The van der Waals surface area contributed by atoms with Gasteiger partial charge in [0.1, 0.15) is 0 Å². The second-order valence-corrected chi connectivity index (χ2v) is 4.30. The van der Waals surface area contributed by atoms with Gasteiger partial charge in [0, 0.05) is 19.7 Å². The molecule has 0 spiro atoms. The van der Waals surface area contributed by atoms with Crippen LogP contribution in [0.4, 0.5) is 5.69 Å². The van der Waals surface area contributed by atoms with Gasteiger partial charge in [-0.2, -0.15) is 5.10 Å². The molecule has 3 N–H and O–H groups in total. The summed E-state index contributed by atoms with van der Waals surface area (Å²) < 4.78 is 1.70. The normalized spacial score (nSPS) is 10.5. The molecule has 1 heterocycles. The SMILES string of the molecule is Cc1nn(C)cc1NC(=O)CCCCCCN. The van der Waals surface area contributed by atoms with Crippen molar-refractivity contribution in [3.63, 3.8) is 0 Å². The van der Waals surface area contributed by atoms with E-state index < -0.39 is 0 Å². The standard InChI is InChI=1S/C12H22N4O/c1-10-11(9-16(2)15-10)14-12(17)7-5-3-4-6-8-13/h9H,3-8,13H2,1-2H3,(H,14,17). The molecule has 0 aliphatic heterocycles. The van der Waals surface area contributed by atoms with Gasteiger partial charge in [0.2, 0.25) is 5.91 Å². The highest BCUT2D eigenvalue weighted by molar-refractivity contribution is 5.91. The van der Waals surface area contributed by atoms with Gasteiger partial charge in [-0.05, 0) is 26.3 Å². The van der Waals surface area contributed by atoms with Crippen LogP contribution in [0, 0.1) is 6.92 Å².